The van der Waals surface area contributed by atoms with E-state index >= 15 is 0 Å². The molecule has 0 spiro atoms. The van der Waals surface area contributed by atoms with Crippen LogP contribution in [0.15, 0.2) is 23.2 Å². The second kappa shape index (κ2) is 3.55. The van der Waals surface area contributed by atoms with Crippen LogP contribution >= 0.6 is 0 Å². The molecule has 0 atom stereocenters. The van der Waals surface area contributed by atoms with E-state index in [2.05, 4.69) is 15.1 Å². The first kappa shape index (κ1) is 8.83. The Bertz CT molecular complexity index is 438. The Morgan fingerprint density at radius 1 is 1.43 bits per heavy atom. The Morgan fingerprint density at radius 3 is 2.93 bits per heavy atom. The highest BCUT2D eigenvalue weighted by molar-refractivity contribution is 5.59. The summed E-state index contributed by atoms with van der Waals surface area (Å²) in [6, 6.07) is 1.83. The molecule has 2 heterocycles. The van der Waals surface area contributed by atoms with Gasteiger partial charge in [0.15, 0.2) is 0 Å². The first-order chi connectivity index (χ1) is 6.81. The minimum atomic E-state index is 0.403. The number of nitrogens with zero attached hydrogens (tertiary/aromatic N) is 3. The van der Waals surface area contributed by atoms with Crippen LogP contribution in [-0.2, 0) is 6.54 Å². The van der Waals surface area contributed by atoms with Gasteiger partial charge in [0, 0.05) is 6.54 Å². The average Bonchev–Trinajstić information content (AvgIpc) is 2.65. The van der Waals surface area contributed by atoms with Crippen LogP contribution in [0, 0.1) is 6.92 Å². The number of hydrogen-bond acceptors (Lipinski definition) is 5. The average molecular weight is 190 g/mol. The molecule has 0 radical (unpaired) electrons. The zero-order valence-corrected chi connectivity index (χ0v) is 7.77. The number of aromatic nitrogens is 3. The van der Waals surface area contributed by atoms with Gasteiger partial charge in [-0.1, -0.05) is 5.16 Å². The zero-order valence-electron chi connectivity index (χ0n) is 7.77. The lowest BCUT2D eigenvalue weighted by Crippen LogP contribution is -2.00. The Hall–Kier alpha value is -1.75. The first-order valence-electron chi connectivity index (χ1n) is 4.23. The third-order valence-electron chi connectivity index (χ3n) is 1.96. The van der Waals surface area contributed by atoms with Gasteiger partial charge in [-0.2, -0.15) is 0 Å². The normalized spacial score (nSPS) is 10.4. The monoisotopic (exact) mass is 190 g/mol. The topological polar surface area (TPSA) is 77.8 Å². The van der Waals surface area contributed by atoms with Crippen molar-refractivity contribution < 1.29 is 4.52 Å². The quantitative estimate of drug-likeness (QED) is 0.761. The molecule has 2 aromatic rings. The minimum Gasteiger partial charge on any atom is -0.364 e. The summed E-state index contributed by atoms with van der Waals surface area (Å²) in [4.78, 5) is 8.13. The van der Waals surface area contributed by atoms with E-state index in [-0.39, 0.29) is 0 Å². The Balaban J connectivity index is 2.47. The van der Waals surface area contributed by atoms with Gasteiger partial charge >= 0.3 is 0 Å². The van der Waals surface area contributed by atoms with Crippen molar-refractivity contribution in [1.29, 1.82) is 0 Å². The molecule has 0 bridgehead atoms. The number of nitrogens with two attached hydrogens (primary N) is 1. The van der Waals surface area contributed by atoms with Gasteiger partial charge in [-0.3, -0.25) is 0 Å². The van der Waals surface area contributed by atoms with E-state index in [1.54, 1.807) is 6.26 Å². The first-order valence-corrected chi connectivity index (χ1v) is 4.23. The smallest absolute Gasteiger partial charge is 0.133 e. The molecule has 5 nitrogen and oxygen atoms in total. The van der Waals surface area contributed by atoms with Crippen molar-refractivity contribution in [3.05, 3.63) is 30.0 Å². The molecule has 0 aliphatic heterocycles. The maximum absolute atomic E-state index is 5.48. The maximum atomic E-state index is 5.48. The summed E-state index contributed by atoms with van der Waals surface area (Å²) >= 11 is 0. The Morgan fingerprint density at radius 2 is 2.29 bits per heavy atom. The fraction of sp³-hybridized carbons (Fsp3) is 0.222. The van der Waals surface area contributed by atoms with Crippen LogP contribution in [0.3, 0.4) is 0 Å². The van der Waals surface area contributed by atoms with Crippen LogP contribution in [0.2, 0.25) is 0 Å². The molecule has 0 saturated heterocycles. The van der Waals surface area contributed by atoms with Gasteiger partial charge < -0.3 is 10.3 Å². The molecule has 0 unspecified atom stereocenters. The molecular weight excluding hydrogens is 180 g/mol. The summed E-state index contributed by atoms with van der Waals surface area (Å²) < 4.78 is 4.83. The van der Waals surface area contributed by atoms with E-state index in [1.807, 2.05) is 13.0 Å². The third kappa shape index (κ3) is 1.49. The lowest BCUT2D eigenvalue weighted by molar-refractivity contribution is 0.415. The van der Waals surface area contributed by atoms with Crippen LogP contribution in [0.4, 0.5) is 0 Å². The minimum absolute atomic E-state index is 0.403. The van der Waals surface area contributed by atoms with Crippen molar-refractivity contribution in [2.75, 3.05) is 0 Å². The van der Waals surface area contributed by atoms with E-state index in [0.29, 0.717) is 6.54 Å². The number of hydrogen-bond donors (Lipinski definition) is 1. The highest BCUT2D eigenvalue weighted by Gasteiger charge is 2.07. The van der Waals surface area contributed by atoms with Gasteiger partial charge in [0.1, 0.15) is 12.6 Å². The predicted octanol–water partition coefficient (Wildman–Crippen LogP) is 0.899. The highest BCUT2D eigenvalue weighted by Crippen LogP contribution is 2.19. The van der Waals surface area contributed by atoms with Crippen molar-refractivity contribution in [3.63, 3.8) is 0 Å². The molecule has 5 heteroatoms. The number of rotatable bonds is 2. The molecule has 14 heavy (non-hydrogen) atoms. The largest absolute Gasteiger partial charge is 0.364 e. The van der Waals surface area contributed by atoms with Crippen LogP contribution in [0.5, 0.6) is 0 Å². The van der Waals surface area contributed by atoms with E-state index in [1.165, 1.54) is 6.33 Å². The van der Waals surface area contributed by atoms with E-state index in [9.17, 15) is 0 Å². The Kier molecular flexibility index (Phi) is 2.24. The van der Waals surface area contributed by atoms with Crippen molar-refractivity contribution in [2.45, 2.75) is 13.5 Å². The summed E-state index contributed by atoms with van der Waals surface area (Å²) in [7, 11) is 0. The second-order valence-corrected chi connectivity index (χ2v) is 2.91. The van der Waals surface area contributed by atoms with Gasteiger partial charge in [-0.15, -0.1) is 0 Å². The fourth-order valence-corrected chi connectivity index (χ4v) is 1.19. The molecule has 0 saturated carbocycles. The molecule has 2 aromatic heterocycles. The van der Waals surface area contributed by atoms with Gasteiger partial charge in [-0.05, 0) is 13.0 Å². The molecule has 2 N–H and O–H groups in total. The van der Waals surface area contributed by atoms with Crippen LogP contribution < -0.4 is 5.73 Å². The summed E-state index contributed by atoms with van der Waals surface area (Å²) in [6.07, 6.45) is 3.06. The lowest BCUT2D eigenvalue weighted by atomic mass is 10.2. The van der Waals surface area contributed by atoms with Crippen LogP contribution in [0.25, 0.3) is 11.3 Å². The Labute approximate surface area is 81.0 Å². The SMILES string of the molecule is Cc1nocc1-c1cc(CN)ncn1. The van der Waals surface area contributed by atoms with Crippen LogP contribution in [-0.4, -0.2) is 15.1 Å². The van der Waals surface area contributed by atoms with Gasteiger partial charge in [-0.25, -0.2) is 9.97 Å². The second-order valence-electron chi connectivity index (χ2n) is 2.91. The highest BCUT2D eigenvalue weighted by atomic mass is 16.5. The molecule has 0 fully saturated rings. The maximum Gasteiger partial charge on any atom is 0.133 e. The van der Waals surface area contributed by atoms with Crippen molar-refractivity contribution in [2.24, 2.45) is 5.73 Å². The van der Waals surface area contributed by atoms with Crippen molar-refractivity contribution in [1.82, 2.24) is 15.1 Å². The van der Waals surface area contributed by atoms with E-state index in [0.717, 1.165) is 22.6 Å². The standard InChI is InChI=1S/C9H10N4O/c1-6-8(4-14-13-6)9-2-7(3-10)11-5-12-9/h2,4-5H,3,10H2,1H3. The van der Waals surface area contributed by atoms with Crippen molar-refractivity contribution >= 4 is 0 Å². The summed E-state index contributed by atoms with van der Waals surface area (Å²) in [6.45, 7) is 2.27. The zero-order chi connectivity index (χ0) is 9.97. The van der Waals surface area contributed by atoms with Gasteiger partial charge in [0.2, 0.25) is 0 Å². The van der Waals surface area contributed by atoms with Crippen LogP contribution in [0.1, 0.15) is 11.4 Å². The molecule has 72 valence electrons. The van der Waals surface area contributed by atoms with Crippen molar-refractivity contribution in [3.8, 4) is 11.3 Å². The van der Waals surface area contributed by atoms with E-state index in [4.69, 9.17) is 10.3 Å². The predicted molar refractivity (Wildman–Crippen MR) is 50.2 cm³/mol. The van der Waals surface area contributed by atoms with Gasteiger partial charge in [0.25, 0.3) is 0 Å². The van der Waals surface area contributed by atoms with E-state index < -0.39 is 0 Å². The number of aryl methyl sites for hydroxylation is 1. The summed E-state index contributed by atoms with van der Waals surface area (Å²) in [5.74, 6) is 0. The molecule has 0 aliphatic rings. The molecule has 0 amide bonds. The lowest BCUT2D eigenvalue weighted by Gasteiger charge is -1.98. The molecule has 0 aromatic carbocycles. The third-order valence-corrected chi connectivity index (χ3v) is 1.96. The van der Waals surface area contributed by atoms with Gasteiger partial charge in [0.05, 0.1) is 22.6 Å². The summed E-state index contributed by atoms with van der Waals surface area (Å²) in [5.41, 5.74) is 8.76. The fourth-order valence-electron chi connectivity index (χ4n) is 1.19. The molecule has 0 aliphatic carbocycles. The molecule has 2 rings (SSSR count). The molecular formula is C9H10N4O. The summed E-state index contributed by atoms with van der Waals surface area (Å²) in [5, 5.41) is 3.78.